The first-order chi connectivity index (χ1) is 8.78. The van der Waals surface area contributed by atoms with Gasteiger partial charge in [-0.2, -0.15) is 0 Å². The molecule has 11 heteroatoms. The molecule has 1 rings (SSSR count). The number of amides is 1. The van der Waals surface area contributed by atoms with Gasteiger partial charge in [-0.05, 0) is 6.42 Å². The Morgan fingerprint density at radius 1 is 1.47 bits per heavy atom. The van der Waals surface area contributed by atoms with E-state index < -0.39 is 28.4 Å². The van der Waals surface area contributed by atoms with Gasteiger partial charge in [-0.1, -0.05) is 5.21 Å². The molecule has 0 bridgehead atoms. The number of nitrogens with two attached hydrogens (primary N) is 1. The first-order valence-electron chi connectivity index (χ1n) is 5.18. The number of carbonyl (C=O) groups excluding carboxylic acids is 1. The van der Waals surface area contributed by atoms with Gasteiger partial charge in [0.15, 0.2) is 5.69 Å². The van der Waals surface area contributed by atoms with Crippen LogP contribution in [0.1, 0.15) is 16.9 Å². The normalized spacial score (nSPS) is 11.2. The van der Waals surface area contributed by atoms with Crippen molar-refractivity contribution in [1.82, 2.24) is 20.3 Å². The van der Waals surface area contributed by atoms with Crippen LogP contribution in [-0.4, -0.2) is 52.7 Å². The molecule has 0 aliphatic carbocycles. The fourth-order valence-electron chi connectivity index (χ4n) is 1.18. The molecule has 0 saturated heterocycles. The Kier molecular flexibility index (Phi) is 4.94. The highest BCUT2D eigenvalue weighted by Crippen LogP contribution is 1.93. The molecule has 0 radical (unpaired) electrons. The summed E-state index contributed by atoms with van der Waals surface area (Å²) < 4.78 is 22.3. The topological polar surface area (TPSA) is 157 Å². The van der Waals surface area contributed by atoms with E-state index in [2.05, 4.69) is 15.6 Å². The number of hydrogen-bond donors (Lipinski definition) is 3. The molecule has 106 valence electrons. The maximum atomic E-state index is 11.5. The van der Waals surface area contributed by atoms with Gasteiger partial charge in [0.2, 0.25) is 10.0 Å². The number of primary sulfonamides is 1. The minimum Gasteiger partial charge on any atom is -0.480 e. The van der Waals surface area contributed by atoms with Crippen LogP contribution in [0.15, 0.2) is 6.20 Å². The lowest BCUT2D eigenvalue weighted by Crippen LogP contribution is -2.27. The van der Waals surface area contributed by atoms with Crippen molar-refractivity contribution in [3.63, 3.8) is 0 Å². The van der Waals surface area contributed by atoms with Gasteiger partial charge in [-0.15, -0.1) is 5.10 Å². The fourth-order valence-corrected chi connectivity index (χ4v) is 1.73. The van der Waals surface area contributed by atoms with Gasteiger partial charge < -0.3 is 10.4 Å². The molecule has 0 aromatic carbocycles. The van der Waals surface area contributed by atoms with Gasteiger partial charge in [0.05, 0.1) is 11.9 Å². The van der Waals surface area contributed by atoms with Gasteiger partial charge >= 0.3 is 5.97 Å². The summed E-state index contributed by atoms with van der Waals surface area (Å²) in [7, 11) is -3.54. The third-order valence-corrected chi connectivity index (χ3v) is 2.82. The van der Waals surface area contributed by atoms with Gasteiger partial charge in [0, 0.05) is 6.54 Å². The Labute approximate surface area is 108 Å². The van der Waals surface area contributed by atoms with Gasteiger partial charge in [0.1, 0.15) is 6.54 Å². The molecule has 0 saturated carbocycles. The smallest absolute Gasteiger partial charge is 0.325 e. The zero-order chi connectivity index (χ0) is 14.5. The van der Waals surface area contributed by atoms with Crippen LogP contribution in [0.25, 0.3) is 0 Å². The van der Waals surface area contributed by atoms with Crippen LogP contribution in [0.4, 0.5) is 0 Å². The number of sulfonamides is 1. The summed E-state index contributed by atoms with van der Waals surface area (Å²) >= 11 is 0. The van der Waals surface area contributed by atoms with Crippen LogP contribution in [0.5, 0.6) is 0 Å². The van der Waals surface area contributed by atoms with Crippen LogP contribution in [-0.2, 0) is 21.4 Å². The number of carboxylic acid groups (broad SMARTS) is 1. The summed E-state index contributed by atoms with van der Waals surface area (Å²) in [4.78, 5) is 21.9. The molecular formula is C8H13N5O5S. The molecule has 0 atom stereocenters. The molecule has 0 aliphatic rings. The van der Waals surface area contributed by atoms with Crippen LogP contribution >= 0.6 is 0 Å². The van der Waals surface area contributed by atoms with Crippen molar-refractivity contribution in [2.24, 2.45) is 5.14 Å². The van der Waals surface area contributed by atoms with Crippen molar-refractivity contribution in [2.45, 2.75) is 13.0 Å². The van der Waals surface area contributed by atoms with Crippen molar-refractivity contribution in [3.8, 4) is 0 Å². The zero-order valence-corrected chi connectivity index (χ0v) is 10.6. The summed E-state index contributed by atoms with van der Waals surface area (Å²) in [5.41, 5.74) is -0.0446. The highest BCUT2D eigenvalue weighted by molar-refractivity contribution is 7.89. The Balaban J connectivity index is 2.41. The summed E-state index contributed by atoms with van der Waals surface area (Å²) in [6.45, 7) is -0.285. The van der Waals surface area contributed by atoms with Crippen LogP contribution in [0.3, 0.4) is 0 Å². The number of rotatable bonds is 7. The van der Waals surface area contributed by atoms with E-state index in [1.807, 2.05) is 0 Å². The Bertz CT molecular complexity index is 566. The number of aliphatic carboxylic acids is 1. The van der Waals surface area contributed by atoms with E-state index in [0.717, 1.165) is 4.68 Å². The lowest BCUT2D eigenvalue weighted by molar-refractivity contribution is -0.137. The van der Waals surface area contributed by atoms with E-state index in [-0.39, 0.29) is 24.4 Å². The van der Waals surface area contributed by atoms with Crippen LogP contribution in [0, 0.1) is 0 Å². The van der Waals surface area contributed by atoms with Crippen molar-refractivity contribution >= 4 is 21.9 Å². The molecular weight excluding hydrogens is 278 g/mol. The van der Waals surface area contributed by atoms with Gasteiger partial charge in [-0.25, -0.2) is 18.2 Å². The molecule has 0 aliphatic heterocycles. The highest BCUT2D eigenvalue weighted by Gasteiger charge is 2.11. The standard InChI is InChI=1S/C8H13N5O5S/c9-19(17,18)3-1-2-10-8(16)6-4-13(12-11-6)5-7(14)15/h4H,1-3,5H2,(H,10,16)(H,14,15)(H2,9,17,18). The molecule has 4 N–H and O–H groups in total. The SMILES string of the molecule is NS(=O)(=O)CCCNC(=O)c1cn(CC(=O)O)nn1. The van der Waals surface area contributed by atoms with E-state index in [1.165, 1.54) is 6.20 Å². The second kappa shape index (κ2) is 6.24. The summed E-state index contributed by atoms with van der Waals surface area (Å²) in [6.07, 6.45) is 1.36. The van der Waals surface area contributed by atoms with Crippen molar-refractivity contribution in [2.75, 3.05) is 12.3 Å². The Morgan fingerprint density at radius 3 is 2.74 bits per heavy atom. The van der Waals surface area contributed by atoms with E-state index in [9.17, 15) is 18.0 Å². The minimum atomic E-state index is -3.54. The van der Waals surface area contributed by atoms with Gasteiger partial charge in [0.25, 0.3) is 5.91 Å². The van der Waals surface area contributed by atoms with E-state index in [0.29, 0.717) is 0 Å². The number of carbonyl (C=O) groups is 2. The van der Waals surface area contributed by atoms with Crippen molar-refractivity contribution in [3.05, 3.63) is 11.9 Å². The number of carboxylic acids is 1. The fraction of sp³-hybridized carbons (Fsp3) is 0.500. The zero-order valence-electron chi connectivity index (χ0n) is 9.81. The maximum Gasteiger partial charge on any atom is 0.325 e. The molecule has 1 aromatic rings. The van der Waals surface area contributed by atoms with Gasteiger partial charge in [-0.3, -0.25) is 9.59 Å². The lowest BCUT2D eigenvalue weighted by Gasteiger charge is -2.01. The number of nitrogens with zero attached hydrogens (tertiary/aromatic N) is 3. The number of hydrogen-bond acceptors (Lipinski definition) is 6. The Morgan fingerprint density at radius 2 is 2.16 bits per heavy atom. The number of aromatic nitrogens is 3. The highest BCUT2D eigenvalue weighted by atomic mass is 32.2. The molecule has 0 fully saturated rings. The molecule has 10 nitrogen and oxygen atoms in total. The van der Waals surface area contributed by atoms with Crippen LogP contribution < -0.4 is 10.5 Å². The molecule has 1 heterocycles. The van der Waals surface area contributed by atoms with Crippen molar-refractivity contribution in [1.29, 1.82) is 0 Å². The average Bonchev–Trinajstić information content (AvgIpc) is 2.70. The second-order valence-corrected chi connectivity index (χ2v) is 5.41. The first kappa shape index (κ1) is 15.0. The second-order valence-electron chi connectivity index (χ2n) is 3.67. The largest absolute Gasteiger partial charge is 0.480 e. The van der Waals surface area contributed by atoms with E-state index >= 15 is 0 Å². The average molecular weight is 291 g/mol. The molecule has 1 amide bonds. The lowest BCUT2D eigenvalue weighted by atomic mass is 10.4. The third-order valence-electron chi connectivity index (χ3n) is 1.96. The van der Waals surface area contributed by atoms with E-state index in [4.69, 9.17) is 10.2 Å². The summed E-state index contributed by atoms with van der Waals surface area (Å²) in [5.74, 6) is -1.91. The maximum absolute atomic E-state index is 11.5. The summed E-state index contributed by atoms with van der Waals surface area (Å²) in [5, 5.41) is 22.7. The molecule has 1 aromatic heterocycles. The summed E-state index contributed by atoms with van der Waals surface area (Å²) in [6, 6.07) is 0. The predicted octanol–water partition coefficient (Wildman–Crippen LogP) is -2.23. The Hall–Kier alpha value is -2.01. The molecule has 19 heavy (non-hydrogen) atoms. The third kappa shape index (κ3) is 5.92. The van der Waals surface area contributed by atoms with E-state index in [1.54, 1.807) is 0 Å². The monoisotopic (exact) mass is 291 g/mol. The predicted molar refractivity (Wildman–Crippen MR) is 62.6 cm³/mol. The van der Waals surface area contributed by atoms with Crippen LogP contribution in [0.2, 0.25) is 0 Å². The molecule has 0 spiro atoms. The first-order valence-corrected chi connectivity index (χ1v) is 6.90. The quantitative estimate of drug-likeness (QED) is 0.479. The minimum absolute atomic E-state index is 0.0446. The number of nitrogens with one attached hydrogen (secondary N) is 1. The van der Waals surface area contributed by atoms with Crippen molar-refractivity contribution < 1.29 is 23.1 Å². The molecule has 0 unspecified atom stereocenters.